The molecule has 1 unspecified atom stereocenters. The highest BCUT2D eigenvalue weighted by atomic mass is 19.4. The van der Waals surface area contributed by atoms with Gasteiger partial charge in [0, 0.05) is 50.9 Å². The number of alkyl halides is 3. The summed E-state index contributed by atoms with van der Waals surface area (Å²) in [6, 6.07) is 4.23. The van der Waals surface area contributed by atoms with E-state index in [9.17, 15) is 13.2 Å². The Morgan fingerprint density at radius 2 is 1.94 bits per heavy atom. The Morgan fingerprint density at radius 1 is 1.20 bits per heavy atom. The van der Waals surface area contributed by atoms with E-state index >= 15 is 0 Å². The fraction of sp³-hybridized carbons (Fsp3) is 0.545. The number of hydrogen-bond acceptors (Lipinski definition) is 7. The summed E-state index contributed by atoms with van der Waals surface area (Å²) in [6.07, 6.45) is 3.41. The molecule has 13 heteroatoms. The van der Waals surface area contributed by atoms with Crippen LogP contribution in [-0.4, -0.2) is 85.9 Å². The van der Waals surface area contributed by atoms with Gasteiger partial charge in [0.25, 0.3) is 0 Å². The molecule has 10 nitrogen and oxygen atoms in total. The molecule has 2 aliphatic heterocycles. The molecule has 2 fully saturated rings. The van der Waals surface area contributed by atoms with Gasteiger partial charge in [-0.2, -0.15) is 23.4 Å². The van der Waals surface area contributed by atoms with E-state index in [1.807, 2.05) is 22.4 Å². The van der Waals surface area contributed by atoms with Gasteiger partial charge in [-0.15, -0.1) is 0 Å². The zero-order valence-corrected chi connectivity index (χ0v) is 19.4. The molecule has 35 heavy (non-hydrogen) atoms. The third kappa shape index (κ3) is 6.48. The number of aromatic nitrogens is 5. The molecule has 5 heterocycles. The second kappa shape index (κ2) is 10.6. The number of pyridine rings is 1. The lowest BCUT2D eigenvalue weighted by Gasteiger charge is -2.30. The average molecular weight is 496 g/mol. The molecular weight excluding hydrogens is 467 g/mol. The van der Waals surface area contributed by atoms with Crippen molar-refractivity contribution in [1.29, 1.82) is 0 Å². The van der Waals surface area contributed by atoms with Gasteiger partial charge in [0.2, 0.25) is 0 Å². The number of aliphatic carboxylic acids is 1. The van der Waals surface area contributed by atoms with Gasteiger partial charge in [-0.1, -0.05) is 0 Å². The monoisotopic (exact) mass is 495 g/mol. The SMILES string of the molecule is Cn1cc(CN2CCCC(c3nc4ccc(N5CCOCC5)cn4n3)C2)cn1.O=C(O)C(F)(F)F. The summed E-state index contributed by atoms with van der Waals surface area (Å²) in [7, 11) is 1.97. The Hall–Kier alpha value is -3.19. The maximum Gasteiger partial charge on any atom is 0.490 e. The maximum atomic E-state index is 10.6. The van der Waals surface area contributed by atoms with E-state index in [1.54, 1.807) is 0 Å². The number of carboxylic acids is 1. The van der Waals surface area contributed by atoms with Crippen LogP contribution in [0.5, 0.6) is 0 Å². The van der Waals surface area contributed by atoms with Gasteiger partial charge in [0.1, 0.15) is 0 Å². The number of fused-ring (bicyclic) bond motifs is 1. The van der Waals surface area contributed by atoms with Gasteiger partial charge < -0.3 is 14.7 Å². The van der Waals surface area contributed by atoms with E-state index in [0.29, 0.717) is 5.92 Å². The standard InChI is InChI=1S/C20H27N7O.C2HF3O2/c1-24-12-16(11-21-24)13-25-6-2-3-17(14-25)20-22-19-5-4-18(15-27(19)23-20)26-7-9-28-10-8-26;3-2(4,5)1(6)7/h4-5,11-12,15,17H,2-3,6-10,13-14H2,1H3;(H,6,7). The Balaban J connectivity index is 0.000000364. The molecular formula is C22H28F3N7O3. The lowest BCUT2D eigenvalue weighted by molar-refractivity contribution is -0.192. The summed E-state index contributed by atoms with van der Waals surface area (Å²) < 4.78 is 41.0. The first-order valence-corrected chi connectivity index (χ1v) is 11.4. The van der Waals surface area contributed by atoms with Crippen molar-refractivity contribution < 1.29 is 27.8 Å². The van der Waals surface area contributed by atoms with Gasteiger partial charge in [-0.3, -0.25) is 9.58 Å². The molecule has 0 bridgehead atoms. The lowest BCUT2D eigenvalue weighted by atomic mass is 9.97. The number of carbonyl (C=O) groups is 1. The number of hydrogen-bond donors (Lipinski definition) is 1. The van der Waals surface area contributed by atoms with E-state index in [0.717, 1.165) is 63.8 Å². The first-order valence-electron chi connectivity index (χ1n) is 11.4. The molecule has 190 valence electrons. The highest BCUT2D eigenvalue weighted by molar-refractivity contribution is 5.73. The van der Waals surface area contributed by atoms with E-state index in [2.05, 4.69) is 39.4 Å². The van der Waals surface area contributed by atoms with Gasteiger partial charge in [0.05, 0.1) is 31.3 Å². The number of anilines is 1. The van der Waals surface area contributed by atoms with E-state index in [-0.39, 0.29) is 0 Å². The van der Waals surface area contributed by atoms with Crippen molar-refractivity contribution in [3.63, 3.8) is 0 Å². The zero-order valence-electron chi connectivity index (χ0n) is 19.4. The quantitative estimate of drug-likeness (QED) is 0.589. The molecule has 1 N–H and O–H groups in total. The molecule has 0 radical (unpaired) electrons. The molecule has 0 aromatic carbocycles. The number of carboxylic acid groups (broad SMARTS) is 1. The topological polar surface area (TPSA) is 101 Å². The second-order valence-corrected chi connectivity index (χ2v) is 8.66. The van der Waals surface area contributed by atoms with Gasteiger partial charge in [-0.05, 0) is 31.5 Å². The van der Waals surface area contributed by atoms with Crippen LogP contribution >= 0.6 is 0 Å². The third-order valence-electron chi connectivity index (χ3n) is 5.99. The van der Waals surface area contributed by atoms with Crippen molar-refractivity contribution in [1.82, 2.24) is 29.3 Å². The van der Waals surface area contributed by atoms with E-state index in [4.69, 9.17) is 24.7 Å². The van der Waals surface area contributed by atoms with Crippen molar-refractivity contribution in [2.75, 3.05) is 44.3 Å². The minimum Gasteiger partial charge on any atom is -0.475 e. The molecule has 3 aromatic rings. The van der Waals surface area contributed by atoms with Gasteiger partial charge in [-0.25, -0.2) is 14.3 Å². The van der Waals surface area contributed by atoms with E-state index in [1.165, 1.54) is 17.7 Å². The van der Waals surface area contributed by atoms with Gasteiger partial charge in [0.15, 0.2) is 11.5 Å². The molecule has 0 aliphatic carbocycles. The molecule has 3 aromatic heterocycles. The number of halogens is 3. The number of rotatable bonds is 4. The number of likely N-dealkylation sites (tertiary alicyclic amines) is 1. The minimum atomic E-state index is -5.08. The minimum absolute atomic E-state index is 0.386. The number of nitrogens with zero attached hydrogens (tertiary/aromatic N) is 7. The number of morpholine rings is 1. The van der Waals surface area contributed by atoms with E-state index < -0.39 is 12.1 Å². The number of aryl methyl sites for hydroxylation is 1. The summed E-state index contributed by atoms with van der Waals surface area (Å²) in [5.74, 6) is -1.40. The molecule has 5 rings (SSSR count). The van der Waals surface area contributed by atoms with Crippen LogP contribution in [-0.2, 0) is 23.1 Å². The first-order chi connectivity index (χ1) is 16.7. The van der Waals surface area contributed by atoms with Crippen molar-refractivity contribution in [3.05, 3.63) is 42.1 Å². The van der Waals surface area contributed by atoms with Crippen LogP contribution in [0.4, 0.5) is 18.9 Å². The lowest BCUT2D eigenvalue weighted by Crippen LogP contribution is -2.36. The first kappa shape index (κ1) is 24.9. The van der Waals surface area contributed by atoms with Crippen LogP contribution in [0.25, 0.3) is 5.65 Å². The normalized spacial score (nSPS) is 19.4. The smallest absolute Gasteiger partial charge is 0.475 e. The molecule has 2 aliphatic rings. The Labute approximate surface area is 199 Å². The molecule has 0 saturated carbocycles. The van der Waals surface area contributed by atoms with Crippen molar-refractivity contribution >= 4 is 17.3 Å². The fourth-order valence-corrected chi connectivity index (χ4v) is 4.29. The largest absolute Gasteiger partial charge is 0.490 e. The summed E-state index contributed by atoms with van der Waals surface area (Å²) in [5, 5.41) is 16.3. The highest BCUT2D eigenvalue weighted by Gasteiger charge is 2.38. The maximum absolute atomic E-state index is 10.6. The van der Waals surface area contributed by atoms with Crippen molar-refractivity contribution in [3.8, 4) is 0 Å². The van der Waals surface area contributed by atoms with Crippen LogP contribution < -0.4 is 4.90 Å². The Kier molecular flexibility index (Phi) is 7.55. The Morgan fingerprint density at radius 3 is 2.60 bits per heavy atom. The molecule has 2 saturated heterocycles. The second-order valence-electron chi connectivity index (χ2n) is 8.66. The molecule has 1 atom stereocenters. The third-order valence-corrected chi connectivity index (χ3v) is 5.99. The van der Waals surface area contributed by atoms with Crippen molar-refractivity contribution in [2.24, 2.45) is 7.05 Å². The van der Waals surface area contributed by atoms with Crippen LogP contribution in [0.3, 0.4) is 0 Å². The zero-order chi connectivity index (χ0) is 25.0. The fourth-order valence-electron chi connectivity index (χ4n) is 4.29. The average Bonchev–Trinajstić information content (AvgIpc) is 3.45. The number of piperidine rings is 1. The van der Waals surface area contributed by atoms with Crippen molar-refractivity contribution in [2.45, 2.75) is 31.5 Å². The van der Waals surface area contributed by atoms with Crippen LogP contribution in [0.2, 0.25) is 0 Å². The van der Waals surface area contributed by atoms with Crippen LogP contribution in [0.1, 0.15) is 30.1 Å². The predicted octanol–water partition coefficient (Wildman–Crippen LogP) is 2.31. The summed E-state index contributed by atoms with van der Waals surface area (Å²) >= 11 is 0. The summed E-state index contributed by atoms with van der Waals surface area (Å²) in [5.41, 5.74) is 3.38. The van der Waals surface area contributed by atoms with Crippen LogP contribution in [0, 0.1) is 0 Å². The summed E-state index contributed by atoms with van der Waals surface area (Å²) in [6.45, 7) is 6.50. The molecule has 0 spiro atoms. The molecule has 0 amide bonds. The van der Waals surface area contributed by atoms with Gasteiger partial charge >= 0.3 is 12.1 Å². The Bertz CT molecular complexity index is 1140. The summed E-state index contributed by atoms with van der Waals surface area (Å²) in [4.78, 5) is 18.6. The number of ether oxygens (including phenoxy) is 1. The predicted molar refractivity (Wildman–Crippen MR) is 120 cm³/mol. The van der Waals surface area contributed by atoms with Crippen LogP contribution in [0.15, 0.2) is 30.7 Å². The highest BCUT2D eigenvalue weighted by Crippen LogP contribution is 2.27.